The number of carboxylic acid groups (broad SMARTS) is 1. The van der Waals surface area contributed by atoms with Crippen molar-refractivity contribution in [2.24, 2.45) is 0 Å². The van der Waals surface area contributed by atoms with Gasteiger partial charge in [-0.25, -0.2) is 9.78 Å². The first-order valence-electron chi connectivity index (χ1n) is 6.62. The number of aromatic nitrogens is 2. The molecule has 1 aliphatic rings. The fourth-order valence-electron chi connectivity index (χ4n) is 2.90. The molecule has 0 fully saturated rings. The molecule has 0 atom stereocenters. The van der Waals surface area contributed by atoms with Crippen LogP contribution in [0.1, 0.15) is 36.5 Å². The summed E-state index contributed by atoms with van der Waals surface area (Å²) >= 11 is 1.57. The van der Waals surface area contributed by atoms with Crippen LogP contribution in [0.4, 0.5) is 0 Å². The highest BCUT2D eigenvalue weighted by molar-refractivity contribution is 7.18. The van der Waals surface area contributed by atoms with Crippen LogP contribution in [0.25, 0.3) is 10.2 Å². The van der Waals surface area contributed by atoms with Gasteiger partial charge in [0.1, 0.15) is 16.2 Å². The molecule has 2 aromatic rings. The minimum Gasteiger partial charge on any atom is -0.480 e. The van der Waals surface area contributed by atoms with Crippen molar-refractivity contribution in [2.75, 3.05) is 0 Å². The summed E-state index contributed by atoms with van der Waals surface area (Å²) in [6, 6.07) is 0. The van der Waals surface area contributed by atoms with Crippen molar-refractivity contribution < 1.29 is 9.90 Å². The van der Waals surface area contributed by atoms with Gasteiger partial charge in [0.05, 0.1) is 5.39 Å². The Morgan fingerprint density at radius 2 is 2.10 bits per heavy atom. The molecule has 0 aromatic carbocycles. The van der Waals surface area contributed by atoms with E-state index in [0.717, 1.165) is 29.7 Å². The lowest BCUT2D eigenvalue weighted by atomic mass is 10.0. The van der Waals surface area contributed by atoms with Crippen LogP contribution < -0.4 is 5.56 Å². The van der Waals surface area contributed by atoms with E-state index in [1.807, 2.05) is 0 Å². The number of aryl methyl sites for hydroxylation is 3. The van der Waals surface area contributed by atoms with Gasteiger partial charge >= 0.3 is 5.97 Å². The molecule has 1 N–H and O–H groups in total. The van der Waals surface area contributed by atoms with E-state index in [0.29, 0.717) is 11.2 Å². The second-order valence-electron chi connectivity index (χ2n) is 5.70. The van der Waals surface area contributed by atoms with Gasteiger partial charge in [0.2, 0.25) is 0 Å². The van der Waals surface area contributed by atoms with E-state index in [2.05, 4.69) is 4.98 Å². The molecule has 1 aliphatic carbocycles. The third kappa shape index (κ3) is 1.64. The van der Waals surface area contributed by atoms with Crippen molar-refractivity contribution in [1.82, 2.24) is 9.55 Å². The normalized spacial score (nSPS) is 14.8. The summed E-state index contributed by atoms with van der Waals surface area (Å²) in [6.45, 7) is 4.75. The maximum atomic E-state index is 12.8. The highest BCUT2D eigenvalue weighted by atomic mass is 32.1. The molecule has 0 unspecified atom stereocenters. The minimum atomic E-state index is -1.30. The lowest BCUT2D eigenvalue weighted by molar-refractivity contribution is -0.145. The van der Waals surface area contributed by atoms with E-state index in [-0.39, 0.29) is 5.56 Å². The topological polar surface area (TPSA) is 72.2 Å². The average Bonchev–Trinajstić information content (AvgIpc) is 2.87. The van der Waals surface area contributed by atoms with Gasteiger partial charge in [0.25, 0.3) is 5.56 Å². The van der Waals surface area contributed by atoms with E-state index in [4.69, 9.17) is 0 Å². The van der Waals surface area contributed by atoms with Crippen LogP contribution in [0.2, 0.25) is 0 Å². The summed E-state index contributed by atoms with van der Waals surface area (Å²) in [4.78, 5) is 30.7. The quantitative estimate of drug-likeness (QED) is 0.919. The monoisotopic (exact) mass is 292 g/mol. The van der Waals surface area contributed by atoms with Crippen LogP contribution in [-0.4, -0.2) is 20.6 Å². The summed E-state index contributed by atoms with van der Waals surface area (Å²) in [5.41, 5.74) is -0.438. The van der Waals surface area contributed by atoms with E-state index < -0.39 is 11.5 Å². The lowest BCUT2D eigenvalue weighted by Gasteiger charge is -2.24. The van der Waals surface area contributed by atoms with E-state index in [9.17, 15) is 14.7 Å². The Kier molecular flexibility index (Phi) is 2.76. The molecule has 0 amide bonds. The third-order valence-corrected chi connectivity index (χ3v) is 5.17. The van der Waals surface area contributed by atoms with Crippen LogP contribution in [0.5, 0.6) is 0 Å². The first-order chi connectivity index (χ1) is 9.34. The Bertz CT molecular complexity index is 786. The number of carboxylic acids is 1. The Morgan fingerprint density at radius 1 is 1.40 bits per heavy atom. The molecule has 6 heteroatoms. The van der Waals surface area contributed by atoms with Crippen molar-refractivity contribution >= 4 is 27.5 Å². The molecule has 0 bridgehead atoms. The number of rotatable bonds is 2. The molecular weight excluding hydrogens is 276 g/mol. The number of hydrogen-bond donors (Lipinski definition) is 1. The fraction of sp³-hybridized carbons (Fsp3) is 0.500. The Labute approximate surface area is 119 Å². The van der Waals surface area contributed by atoms with Gasteiger partial charge in [-0.3, -0.25) is 9.36 Å². The SMILES string of the molecule is Cc1nc2sc3c(c2c(=O)n1C(C)(C)C(=O)O)CCC3. The largest absolute Gasteiger partial charge is 0.480 e. The van der Waals surface area contributed by atoms with Gasteiger partial charge in [0, 0.05) is 4.88 Å². The number of nitrogens with zero attached hydrogens (tertiary/aromatic N) is 2. The Morgan fingerprint density at radius 3 is 2.75 bits per heavy atom. The highest BCUT2D eigenvalue weighted by Crippen LogP contribution is 2.35. The van der Waals surface area contributed by atoms with Crippen LogP contribution in [0.3, 0.4) is 0 Å². The summed E-state index contributed by atoms with van der Waals surface area (Å²) in [5, 5.41) is 10.0. The molecule has 106 valence electrons. The molecule has 0 radical (unpaired) electrons. The zero-order chi connectivity index (χ0) is 14.7. The van der Waals surface area contributed by atoms with Crippen molar-refractivity contribution in [3.8, 4) is 0 Å². The molecule has 0 saturated heterocycles. The van der Waals surface area contributed by atoms with Gasteiger partial charge in [-0.05, 0) is 45.6 Å². The van der Waals surface area contributed by atoms with Gasteiger partial charge in [-0.2, -0.15) is 0 Å². The molecule has 2 aromatic heterocycles. The summed E-state index contributed by atoms with van der Waals surface area (Å²) in [7, 11) is 0. The van der Waals surface area contributed by atoms with Crippen molar-refractivity contribution in [2.45, 2.75) is 45.6 Å². The second kappa shape index (κ2) is 4.15. The van der Waals surface area contributed by atoms with Crippen molar-refractivity contribution in [3.05, 3.63) is 26.6 Å². The molecule has 20 heavy (non-hydrogen) atoms. The van der Waals surface area contributed by atoms with Crippen LogP contribution in [0.15, 0.2) is 4.79 Å². The molecule has 5 nitrogen and oxygen atoms in total. The summed E-state index contributed by atoms with van der Waals surface area (Å²) in [6.07, 6.45) is 2.95. The van der Waals surface area contributed by atoms with Gasteiger partial charge in [0.15, 0.2) is 0 Å². The van der Waals surface area contributed by atoms with E-state index in [1.165, 1.54) is 23.3 Å². The standard InChI is InChI=1S/C14H16N2O3S/c1-7-15-11-10(8-5-4-6-9(8)20-11)12(17)16(7)14(2,3)13(18)19/h4-6H2,1-3H3,(H,18,19). The van der Waals surface area contributed by atoms with Crippen LogP contribution in [-0.2, 0) is 23.2 Å². The second-order valence-corrected chi connectivity index (χ2v) is 6.78. The smallest absolute Gasteiger partial charge is 0.329 e. The maximum absolute atomic E-state index is 12.8. The molecular formula is C14H16N2O3S. The minimum absolute atomic E-state index is 0.223. The van der Waals surface area contributed by atoms with Crippen molar-refractivity contribution in [1.29, 1.82) is 0 Å². The molecule has 0 spiro atoms. The maximum Gasteiger partial charge on any atom is 0.329 e. The van der Waals surface area contributed by atoms with Crippen LogP contribution in [0, 0.1) is 6.92 Å². The lowest BCUT2D eigenvalue weighted by Crippen LogP contribution is -2.44. The molecule has 3 rings (SSSR count). The van der Waals surface area contributed by atoms with Gasteiger partial charge in [-0.15, -0.1) is 11.3 Å². The van der Waals surface area contributed by atoms with Gasteiger partial charge < -0.3 is 5.11 Å². The Hall–Kier alpha value is -1.69. The highest BCUT2D eigenvalue weighted by Gasteiger charge is 2.34. The van der Waals surface area contributed by atoms with Crippen molar-refractivity contribution in [3.63, 3.8) is 0 Å². The summed E-state index contributed by atoms with van der Waals surface area (Å²) < 4.78 is 1.31. The number of aliphatic carboxylic acids is 1. The van der Waals surface area contributed by atoms with E-state index >= 15 is 0 Å². The van der Waals surface area contributed by atoms with Crippen LogP contribution >= 0.6 is 11.3 Å². The molecule has 0 saturated carbocycles. The number of hydrogen-bond acceptors (Lipinski definition) is 4. The number of carbonyl (C=O) groups is 1. The average molecular weight is 292 g/mol. The molecule has 0 aliphatic heterocycles. The van der Waals surface area contributed by atoms with E-state index in [1.54, 1.807) is 18.3 Å². The summed E-state index contributed by atoms with van der Waals surface area (Å²) in [5.74, 6) is -0.578. The predicted molar refractivity (Wildman–Crippen MR) is 77.6 cm³/mol. The fourth-order valence-corrected chi connectivity index (χ4v) is 4.20. The van der Waals surface area contributed by atoms with Gasteiger partial charge in [-0.1, -0.05) is 0 Å². The number of thiophene rings is 1. The predicted octanol–water partition coefficient (Wildman–Crippen LogP) is 2.07. The zero-order valence-electron chi connectivity index (χ0n) is 11.7. The zero-order valence-corrected chi connectivity index (χ0v) is 12.5. The first-order valence-corrected chi connectivity index (χ1v) is 7.43. The molecule has 2 heterocycles. The third-order valence-electron chi connectivity index (χ3n) is 3.99. The number of fused-ring (bicyclic) bond motifs is 3. The Balaban J connectivity index is 2.40. The first kappa shape index (κ1) is 13.3.